The predicted molar refractivity (Wildman–Crippen MR) is 82.0 cm³/mol. The highest BCUT2D eigenvalue weighted by molar-refractivity contribution is 5.96. The molecule has 1 aromatic rings. The Bertz CT molecular complexity index is 526. The summed E-state index contributed by atoms with van der Waals surface area (Å²) in [7, 11) is 0. The molecule has 1 heterocycles. The first-order valence-electron chi connectivity index (χ1n) is 7.43. The summed E-state index contributed by atoms with van der Waals surface area (Å²) in [5, 5.41) is 8.72. The van der Waals surface area contributed by atoms with Crippen LogP contribution in [-0.4, -0.2) is 31.4 Å². The number of carbonyl (C=O) groups excluding carboxylic acids is 2. The molecule has 0 atom stereocenters. The van der Waals surface area contributed by atoms with Gasteiger partial charge in [-0.15, -0.1) is 0 Å². The molecule has 0 saturated heterocycles. The van der Waals surface area contributed by atoms with Crippen LogP contribution in [0.4, 0.5) is 0 Å². The molecule has 114 valence electrons. The molecule has 21 heavy (non-hydrogen) atoms. The van der Waals surface area contributed by atoms with Crippen LogP contribution in [0.5, 0.6) is 0 Å². The number of benzene rings is 1. The van der Waals surface area contributed by atoms with Gasteiger partial charge in [-0.2, -0.15) is 0 Å². The Hall–Kier alpha value is -1.88. The number of amides is 2. The topological polar surface area (TPSA) is 70.2 Å². The van der Waals surface area contributed by atoms with Crippen LogP contribution in [0.2, 0.25) is 0 Å². The van der Waals surface area contributed by atoms with Crippen LogP contribution in [-0.2, 0) is 17.8 Å². The summed E-state index contributed by atoms with van der Waals surface area (Å²) in [6, 6.07) is 5.73. The van der Waals surface area contributed by atoms with Crippen molar-refractivity contribution >= 4 is 11.8 Å². The fraction of sp³-hybridized carbons (Fsp3) is 0.500. The normalized spacial score (nSPS) is 13.7. The second kappa shape index (κ2) is 7.22. The summed E-state index contributed by atoms with van der Waals surface area (Å²) in [6.45, 7) is 6.47. The number of hydrogen-bond donors (Lipinski definition) is 3. The van der Waals surface area contributed by atoms with Gasteiger partial charge in [-0.25, -0.2) is 0 Å². The molecule has 1 aliphatic rings. The van der Waals surface area contributed by atoms with E-state index in [1.165, 1.54) is 5.56 Å². The summed E-state index contributed by atoms with van der Waals surface area (Å²) in [5.74, 6) is 0.0394. The monoisotopic (exact) mass is 289 g/mol. The first-order chi connectivity index (χ1) is 10.1. The van der Waals surface area contributed by atoms with Crippen molar-refractivity contribution in [2.45, 2.75) is 26.8 Å². The Kier molecular flexibility index (Phi) is 5.33. The largest absolute Gasteiger partial charge is 0.354 e. The number of nitrogens with one attached hydrogen (secondary N) is 3. The molecule has 0 radical (unpaired) electrons. The summed E-state index contributed by atoms with van der Waals surface area (Å²) in [4.78, 5) is 23.6. The third-order valence-electron chi connectivity index (χ3n) is 3.47. The van der Waals surface area contributed by atoms with Crippen molar-refractivity contribution in [2.24, 2.45) is 5.92 Å². The first-order valence-corrected chi connectivity index (χ1v) is 7.43. The fourth-order valence-corrected chi connectivity index (χ4v) is 2.26. The molecule has 2 rings (SSSR count). The van der Waals surface area contributed by atoms with Crippen LogP contribution in [0.25, 0.3) is 0 Å². The van der Waals surface area contributed by atoms with E-state index in [-0.39, 0.29) is 18.4 Å². The minimum atomic E-state index is -0.205. The van der Waals surface area contributed by atoms with Crippen LogP contribution in [0, 0.1) is 5.92 Å². The van der Waals surface area contributed by atoms with E-state index >= 15 is 0 Å². The molecule has 0 bridgehead atoms. The number of rotatable bonds is 5. The van der Waals surface area contributed by atoms with Gasteiger partial charge in [0.1, 0.15) is 0 Å². The Balaban J connectivity index is 1.87. The zero-order chi connectivity index (χ0) is 15.2. The van der Waals surface area contributed by atoms with Crippen molar-refractivity contribution in [3.05, 3.63) is 34.9 Å². The van der Waals surface area contributed by atoms with Crippen molar-refractivity contribution in [1.29, 1.82) is 0 Å². The van der Waals surface area contributed by atoms with E-state index in [1.807, 2.05) is 32.0 Å². The molecule has 0 fully saturated rings. The maximum Gasteiger partial charge on any atom is 0.251 e. The highest BCUT2D eigenvalue weighted by atomic mass is 16.2. The van der Waals surface area contributed by atoms with Gasteiger partial charge in [0.05, 0.1) is 6.54 Å². The summed E-state index contributed by atoms with van der Waals surface area (Å²) < 4.78 is 0. The van der Waals surface area contributed by atoms with Gasteiger partial charge in [0, 0.05) is 18.7 Å². The number of hydrogen-bond acceptors (Lipinski definition) is 3. The zero-order valence-electron chi connectivity index (χ0n) is 12.7. The molecule has 2 amide bonds. The van der Waals surface area contributed by atoms with Crippen molar-refractivity contribution in [3.8, 4) is 0 Å². The highest BCUT2D eigenvalue weighted by Gasteiger charge is 2.13. The molecule has 3 N–H and O–H groups in total. The van der Waals surface area contributed by atoms with Crippen LogP contribution in [0.3, 0.4) is 0 Å². The van der Waals surface area contributed by atoms with Gasteiger partial charge >= 0.3 is 0 Å². The lowest BCUT2D eigenvalue weighted by Gasteiger charge is -2.17. The molecule has 1 aliphatic heterocycles. The Morgan fingerprint density at radius 2 is 2.05 bits per heavy atom. The summed E-state index contributed by atoms with van der Waals surface area (Å²) in [5.41, 5.74) is 3.06. The molecule has 0 aliphatic carbocycles. The second-order valence-corrected chi connectivity index (χ2v) is 5.79. The summed E-state index contributed by atoms with van der Waals surface area (Å²) >= 11 is 0. The Labute approximate surface area is 125 Å². The van der Waals surface area contributed by atoms with Crippen molar-refractivity contribution in [1.82, 2.24) is 16.0 Å². The lowest BCUT2D eigenvalue weighted by atomic mass is 9.98. The lowest BCUT2D eigenvalue weighted by Crippen LogP contribution is -2.38. The van der Waals surface area contributed by atoms with E-state index in [2.05, 4.69) is 16.0 Å². The minimum absolute atomic E-state index is 0.0148. The molecular weight excluding hydrogens is 266 g/mol. The highest BCUT2D eigenvalue weighted by Crippen LogP contribution is 2.15. The molecule has 0 unspecified atom stereocenters. The third-order valence-corrected chi connectivity index (χ3v) is 3.47. The van der Waals surface area contributed by atoms with E-state index in [1.54, 1.807) is 0 Å². The quantitative estimate of drug-likeness (QED) is 0.752. The smallest absolute Gasteiger partial charge is 0.251 e. The van der Waals surface area contributed by atoms with E-state index in [0.717, 1.165) is 25.1 Å². The minimum Gasteiger partial charge on any atom is -0.354 e. The average Bonchev–Trinajstić information content (AvgIpc) is 2.50. The molecule has 0 saturated carbocycles. The number of fused-ring (bicyclic) bond motifs is 1. The van der Waals surface area contributed by atoms with E-state index in [9.17, 15) is 9.59 Å². The second-order valence-electron chi connectivity index (χ2n) is 5.79. The lowest BCUT2D eigenvalue weighted by molar-refractivity contribution is -0.120. The van der Waals surface area contributed by atoms with Crippen molar-refractivity contribution in [2.75, 3.05) is 19.6 Å². The van der Waals surface area contributed by atoms with Crippen LogP contribution in [0.1, 0.15) is 35.3 Å². The van der Waals surface area contributed by atoms with E-state index in [0.29, 0.717) is 18.0 Å². The Morgan fingerprint density at radius 3 is 2.81 bits per heavy atom. The molecule has 5 heteroatoms. The van der Waals surface area contributed by atoms with E-state index in [4.69, 9.17) is 0 Å². The van der Waals surface area contributed by atoms with Gasteiger partial charge < -0.3 is 16.0 Å². The maximum absolute atomic E-state index is 12.1. The molecular formula is C16H23N3O2. The van der Waals surface area contributed by atoms with Gasteiger partial charge in [-0.1, -0.05) is 19.9 Å². The zero-order valence-corrected chi connectivity index (χ0v) is 12.7. The van der Waals surface area contributed by atoms with Crippen LogP contribution in [0.15, 0.2) is 18.2 Å². The SMILES string of the molecule is CC(C)CNC(=O)CNC(=O)c1ccc2c(c1)CNCC2. The molecule has 0 spiro atoms. The predicted octanol–water partition coefficient (Wildman–Crippen LogP) is 0.834. The van der Waals surface area contributed by atoms with Crippen LogP contribution < -0.4 is 16.0 Å². The number of carbonyl (C=O) groups is 2. The van der Waals surface area contributed by atoms with Gasteiger partial charge in [0.15, 0.2) is 0 Å². The first kappa shape index (κ1) is 15.5. The van der Waals surface area contributed by atoms with Gasteiger partial charge in [0.2, 0.25) is 5.91 Å². The molecule has 1 aromatic carbocycles. The van der Waals surface area contributed by atoms with Gasteiger partial charge in [-0.3, -0.25) is 9.59 Å². The fourth-order valence-electron chi connectivity index (χ4n) is 2.26. The van der Waals surface area contributed by atoms with Crippen molar-refractivity contribution in [3.63, 3.8) is 0 Å². The molecule has 5 nitrogen and oxygen atoms in total. The van der Waals surface area contributed by atoms with Crippen molar-refractivity contribution < 1.29 is 9.59 Å². The summed E-state index contributed by atoms with van der Waals surface area (Å²) in [6.07, 6.45) is 0.995. The average molecular weight is 289 g/mol. The van der Waals surface area contributed by atoms with E-state index < -0.39 is 0 Å². The Morgan fingerprint density at radius 1 is 1.24 bits per heavy atom. The third kappa shape index (κ3) is 4.56. The van der Waals surface area contributed by atoms with Gasteiger partial charge in [0.25, 0.3) is 5.91 Å². The molecule has 0 aromatic heterocycles. The standard InChI is InChI=1S/C16H23N3O2/c1-11(2)8-18-15(20)10-19-16(21)13-4-3-12-5-6-17-9-14(12)7-13/h3-4,7,11,17H,5-6,8-10H2,1-2H3,(H,18,20)(H,19,21). The van der Waals surface area contributed by atoms with Gasteiger partial charge in [-0.05, 0) is 42.1 Å². The van der Waals surface area contributed by atoms with Crippen LogP contribution >= 0.6 is 0 Å². The maximum atomic E-state index is 12.1.